The molecule has 0 aromatic heterocycles. The van der Waals surface area contributed by atoms with Crippen LogP contribution in [0.15, 0.2) is 34.1 Å². The lowest BCUT2D eigenvalue weighted by molar-refractivity contribution is -0.143. The van der Waals surface area contributed by atoms with Gasteiger partial charge in [0.2, 0.25) is 0 Å². The van der Waals surface area contributed by atoms with E-state index >= 15 is 0 Å². The third-order valence-corrected chi connectivity index (χ3v) is 7.00. The Morgan fingerprint density at radius 1 is 0.829 bits per heavy atom. The van der Waals surface area contributed by atoms with Crippen molar-refractivity contribution in [2.45, 2.75) is 88.3 Å². The minimum atomic E-state index is -2.06. The molecule has 8 heteroatoms. The van der Waals surface area contributed by atoms with Gasteiger partial charge in [0, 0.05) is 11.1 Å². The van der Waals surface area contributed by atoms with Gasteiger partial charge in [-0.05, 0) is 40.5 Å². The number of phenolic OH excluding ortho intramolecular Hbond substituents is 2. The molecule has 0 amide bonds. The van der Waals surface area contributed by atoms with Crippen molar-refractivity contribution in [1.82, 2.24) is 0 Å². The van der Waals surface area contributed by atoms with Gasteiger partial charge in [0.05, 0.1) is 40.0 Å². The van der Waals surface area contributed by atoms with Crippen LogP contribution in [-0.4, -0.2) is 38.1 Å². The highest BCUT2D eigenvalue weighted by molar-refractivity contribution is 7.85. The van der Waals surface area contributed by atoms with E-state index in [1.54, 1.807) is 24.3 Å². The number of aliphatic carboxylic acids is 1. The number of ether oxygens (including phenoxy) is 1. The van der Waals surface area contributed by atoms with Crippen LogP contribution in [0.3, 0.4) is 0 Å². The highest BCUT2D eigenvalue weighted by Crippen LogP contribution is 2.40. The maximum absolute atomic E-state index is 13.8. The monoisotopic (exact) mass is 504 g/mol. The number of carbonyl (C=O) groups excluding carboxylic acids is 1. The molecule has 2 rings (SSSR count). The van der Waals surface area contributed by atoms with Gasteiger partial charge in [-0.15, -0.1) is 0 Å². The van der Waals surface area contributed by atoms with Gasteiger partial charge in [0.15, 0.2) is 0 Å². The highest BCUT2D eigenvalue weighted by atomic mass is 32.2. The van der Waals surface area contributed by atoms with E-state index in [-0.39, 0.29) is 45.4 Å². The number of benzene rings is 2. The quantitative estimate of drug-likeness (QED) is 0.433. The second kappa shape index (κ2) is 10.8. The molecule has 192 valence electrons. The van der Waals surface area contributed by atoms with Crippen molar-refractivity contribution in [2.75, 3.05) is 6.61 Å². The number of hydrogen-bond donors (Lipinski definition) is 3. The molecule has 0 saturated heterocycles. The lowest BCUT2D eigenvalue weighted by Gasteiger charge is -2.24. The molecule has 2 aromatic rings. The molecule has 0 aliphatic rings. The summed E-state index contributed by atoms with van der Waals surface area (Å²) < 4.78 is 19.0. The highest BCUT2D eigenvalue weighted by Gasteiger charge is 2.27. The molecule has 7 nitrogen and oxygen atoms in total. The molecule has 0 bridgehead atoms. The lowest BCUT2D eigenvalue weighted by Crippen LogP contribution is -2.16. The van der Waals surface area contributed by atoms with Gasteiger partial charge in [0.25, 0.3) is 0 Å². The van der Waals surface area contributed by atoms with E-state index in [4.69, 9.17) is 4.74 Å². The van der Waals surface area contributed by atoms with Crippen LogP contribution >= 0.6 is 0 Å². The summed E-state index contributed by atoms with van der Waals surface area (Å²) in [6.45, 7) is 13.8. The summed E-state index contributed by atoms with van der Waals surface area (Å²) in [4.78, 5) is 23.7. The third kappa shape index (κ3) is 7.07. The molecule has 1 atom stereocenters. The normalized spacial score (nSPS) is 12.9. The number of esters is 1. The van der Waals surface area contributed by atoms with Crippen molar-refractivity contribution < 1.29 is 33.9 Å². The molecule has 35 heavy (non-hydrogen) atoms. The van der Waals surface area contributed by atoms with Gasteiger partial charge in [-0.25, -0.2) is 4.21 Å². The van der Waals surface area contributed by atoms with E-state index in [0.717, 1.165) is 5.56 Å². The molecule has 0 aliphatic heterocycles. The zero-order valence-corrected chi connectivity index (χ0v) is 22.3. The van der Waals surface area contributed by atoms with Crippen LogP contribution in [0.2, 0.25) is 0 Å². The summed E-state index contributed by atoms with van der Waals surface area (Å²) in [7, 11) is -2.06. The van der Waals surface area contributed by atoms with E-state index in [0.29, 0.717) is 12.0 Å². The first-order valence-electron chi connectivity index (χ1n) is 11.6. The maximum atomic E-state index is 13.8. The second-order valence-electron chi connectivity index (χ2n) is 10.7. The fourth-order valence-electron chi connectivity index (χ4n) is 3.45. The Balaban J connectivity index is 2.73. The predicted molar refractivity (Wildman–Crippen MR) is 135 cm³/mol. The van der Waals surface area contributed by atoms with Crippen molar-refractivity contribution >= 4 is 22.7 Å². The van der Waals surface area contributed by atoms with Crippen molar-refractivity contribution in [3.8, 4) is 11.5 Å². The van der Waals surface area contributed by atoms with Crippen molar-refractivity contribution in [3.05, 3.63) is 46.5 Å². The smallest absolute Gasteiger partial charge is 0.310 e. The Bertz CT molecular complexity index is 1140. The Kier molecular flexibility index (Phi) is 8.76. The van der Waals surface area contributed by atoms with Crippen LogP contribution in [0, 0.1) is 0 Å². The molecule has 0 heterocycles. The standard InChI is InChI=1S/C27H36O7S/c1-8-9-34-23(30)13-17-11-19(27(5,6)7)15-21(25(17)32)35(33)20-14-18(26(2,3)4)10-16(24(20)31)12-22(28)29/h10-11,14-15,31-32H,8-9,12-13H2,1-7H3,(H,28,29)/t35-/m1/s1. The van der Waals surface area contributed by atoms with E-state index in [1.165, 1.54) is 0 Å². The third-order valence-electron chi connectivity index (χ3n) is 5.58. The van der Waals surface area contributed by atoms with Crippen LogP contribution in [0.25, 0.3) is 0 Å². The van der Waals surface area contributed by atoms with Crippen molar-refractivity contribution in [1.29, 1.82) is 0 Å². The Labute approximate surface area is 209 Å². The van der Waals surface area contributed by atoms with E-state index < -0.39 is 40.0 Å². The van der Waals surface area contributed by atoms with Crippen LogP contribution < -0.4 is 0 Å². The minimum absolute atomic E-state index is 0.00884. The average Bonchev–Trinajstić information content (AvgIpc) is 2.72. The second-order valence-corrected chi connectivity index (χ2v) is 12.1. The first-order valence-corrected chi connectivity index (χ1v) is 12.7. The van der Waals surface area contributed by atoms with Crippen LogP contribution in [0.5, 0.6) is 11.5 Å². The molecule has 3 N–H and O–H groups in total. The molecule has 0 radical (unpaired) electrons. The van der Waals surface area contributed by atoms with E-state index in [1.807, 2.05) is 48.5 Å². The lowest BCUT2D eigenvalue weighted by atomic mass is 9.85. The number of carboxylic acid groups (broad SMARTS) is 1. The maximum Gasteiger partial charge on any atom is 0.310 e. The van der Waals surface area contributed by atoms with Crippen LogP contribution in [0.1, 0.15) is 77.1 Å². The van der Waals surface area contributed by atoms with Crippen LogP contribution in [-0.2, 0) is 48.8 Å². The Morgan fingerprint density at radius 3 is 1.63 bits per heavy atom. The molecule has 0 spiro atoms. The van der Waals surface area contributed by atoms with Gasteiger partial charge in [0.1, 0.15) is 11.5 Å². The summed E-state index contributed by atoms with van der Waals surface area (Å²) in [5.41, 5.74) is 1.06. The van der Waals surface area contributed by atoms with Crippen molar-refractivity contribution in [3.63, 3.8) is 0 Å². The first kappa shape index (κ1) is 28.4. The number of carbonyl (C=O) groups is 2. The summed E-state index contributed by atoms with van der Waals surface area (Å²) in [5, 5.41) is 31.2. The largest absolute Gasteiger partial charge is 0.506 e. The predicted octanol–water partition coefficient (Wildman–Crippen LogP) is 4.98. The SMILES string of the molecule is CCCOC(=O)Cc1cc(C(C)(C)C)cc([S@](=O)c2cc(C(C)(C)C)cc(CC(=O)O)c2O)c1O. The van der Waals surface area contributed by atoms with Crippen LogP contribution in [0.4, 0.5) is 0 Å². The minimum Gasteiger partial charge on any atom is -0.506 e. The molecule has 0 aliphatic carbocycles. The van der Waals surface area contributed by atoms with Gasteiger partial charge < -0.3 is 20.1 Å². The van der Waals surface area contributed by atoms with Gasteiger partial charge >= 0.3 is 11.9 Å². The Morgan fingerprint density at radius 2 is 1.26 bits per heavy atom. The summed E-state index contributed by atoms with van der Waals surface area (Å²) >= 11 is 0. The molecule has 0 saturated carbocycles. The molecule has 2 aromatic carbocycles. The fourth-order valence-corrected chi connectivity index (χ4v) is 4.77. The topological polar surface area (TPSA) is 121 Å². The summed E-state index contributed by atoms with van der Waals surface area (Å²) in [6, 6.07) is 6.48. The number of hydrogen-bond acceptors (Lipinski definition) is 6. The number of rotatable bonds is 8. The van der Waals surface area contributed by atoms with Crippen molar-refractivity contribution in [2.24, 2.45) is 0 Å². The summed E-state index contributed by atoms with van der Waals surface area (Å²) in [5.74, 6) is -2.34. The first-order chi connectivity index (χ1) is 16.1. The van der Waals surface area contributed by atoms with Gasteiger partial charge in [-0.1, -0.05) is 60.6 Å². The number of aromatic hydroxyl groups is 2. The van der Waals surface area contributed by atoms with Gasteiger partial charge in [-0.2, -0.15) is 0 Å². The van der Waals surface area contributed by atoms with Gasteiger partial charge in [-0.3, -0.25) is 9.59 Å². The zero-order chi connectivity index (χ0) is 26.7. The molecular formula is C27H36O7S. The molecule has 0 unspecified atom stereocenters. The summed E-state index contributed by atoms with van der Waals surface area (Å²) in [6.07, 6.45) is 0.0256. The Hall–Kier alpha value is -2.87. The number of phenols is 2. The number of carboxylic acids is 1. The van der Waals surface area contributed by atoms with E-state index in [9.17, 15) is 29.1 Å². The molecular weight excluding hydrogens is 468 g/mol. The fraction of sp³-hybridized carbons (Fsp3) is 0.481. The molecule has 0 fully saturated rings. The van der Waals surface area contributed by atoms with E-state index in [2.05, 4.69) is 0 Å². The zero-order valence-electron chi connectivity index (χ0n) is 21.5. The average molecular weight is 505 g/mol.